The number of halogens is 1. The molecule has 0 saturated heterocycles. The van der Waals surface area contributed by atoms with Crippen LogP contribution in [0, 0.1) is 6.92 Å². The van der Waals surface area contributed by atoms with Crippen molar-refractivity contribution < 1.29 is 0 Å². The van der Waals surface area contributed by atoms with E-state index in [1.54, 1.807) is 11.8 Å². The van der Waals surface area contributed by atoms with Crippen molar-refractivity contribution >= 4 is 29.3 Å². The van der Waals surface area contributed by atoms with Gasteiger partial charge in [-0.1, -0.05) is 36.7 Å². The molecule has 3 nitrogen and oxygen atoms in total. The highest BCUT2D eigenvalue weighted by molar-refractivity contribution is 7.98. The number of anilines is 1. The molecule has 0 aliphatic carbocycles. The van der Waals surface area contributed by atoms with Crippen LogP contribution < -0.4 is 5.32 Å². The van der Waals surface area contributed by atoms with E-state index in [9.17, 15) is 0 Å². The van der Waals surface area contributed by atoms with Gasteiger partial charge >= 0.3 is 0 Å². The molecule has 0 aliphatic heterocycles. The first kappa shape index (κ1) is 15.1. The summed E-state index contributed by atoms with van der Waals surface area (Å²) in [5, 5.41) is 4.99. The quantitative estimate of drug-likeness (QED) is 0.627. The Morgan fingerprint density at radius 2 is 2.05 bits per heavy atom. The second kappa shape index (κ2) is 7.50. The highest BCUT2D eigenvalue weighted by atomic mass is 35.5. The molecular weight excluding hydrogens is 290 g/mol. The van der Waals surface area contributed by atoms with Gasteiger partial charge in [0.1, 0.15) is 5.03 Å². The molecule has 0 amide bonds. The van der Waals surface area contributed by atoms with Crippen molar-refractivity contribution in [1.29, 1.82) is 0 Å². The van der Waals surface area contributed by atoms with E-state index >= 15 is 0 Å². The molecule has 2 aromatic rings. The van der Waals surface area contributed by atoms with E-state index in [1.807, 2.05) is 37.3 Å². The van der Waals surface area contributed by atoms with Crippen LogP contribution in [0.1, 0.15) is 24.6 Å². The maximum absolute atomic E-state index is 6.16. The van der Waals surface area contributed by atoms with E-state index < -0.39 is 0 Å². The summed E-state index contributed by atoms with van der Waals surface area (Å²) in [6.07, 6.45) is 1.05. The molecule has 1 aromatic heterocycles. The molecule has 0 fully saturated rings. The van der Waals surface area contributed by atoms with Gasteiger partial charge in [-0.25, -0.2) is 9.97 Å². The van der Waals surface area contributed by atoms with Gasteiger partial charge in [0, 0.05) is 23.0 Å². The Kier molecular flexibility index (Phi) is 5.68. The zero-order chi connectivity index (χ0) is 14.4. The van der Waals surface area contributed by atoms with Crippen molar-refractivity contribution in [2.75, 3.05) is 11.9 Å². The van der Waals surface area contributed by atoms with Gasteiger partial charge in [0.2, 0.25) is 5.95 Å². The summed E-state index contributed by atoms with van der Waals surface area (Å²) in [7, 11) is 0. The third kappa shape index (κ3) is 4.39. The van der Waals surface area contributed by atoms with Crippen LogP contribution >= 0.6 is 23.4 Å². The first-order valence-corrected chi connectivity index (χ1v) is 8.01. The summed E-state index contributed by atoms with van der Waals surface area (Å²) >= 11 is 7.84. The molecule has 0 unspecified atom stereocenters. The van der Waals surface area contributed by atoms with Gasteiger partial charge in [0.15, 0.2) is 0 Å². The Hall–Kier alpha value is -1.26. The number of nitrogens with one attached hydrogen (secondary N) is 1. The lowest BCUT2D eigenvalue weighted by atomic mass is 10.2. The van der Waals surface area contributed by atoms with Gasteiger partial charge in [0.05, 0.1) is 0 Å². The van der Waals surface area contributed by atoms with Gasteiger partial charge in [-0.15, -0.1) is 11.8 Å². The van der Waals surface area contributed by atoms with Gasteiger partial charge in [-0.05, 0) is 31.0 Å². The highest BCUT2D eigenvalue weighted by Gasteiger charge is 2.05. The van der Waals surface area contributed by atoms with E-state index in [0.717, 1.165) is 40.0 Å². The zero-order valence-electron chi connectivity index (χ0n) is 11.7. The predicted octanol–water partition coefficient (Wildman–Crippen LogP) is 4.55. The van der Waals surface area contributed by atoms with Crippen molar-refractivity contribution in [3.8, 4) is 0 Å². The molecule has 1 heterocycles. The molecule has 1 N–H and O–H groups in total. The van der Waals surface area contributed by atoms with E-state index in [0.29, 0.717) is 5.95 Å². The number of thioether (sulfide) groups is 1. The first-order valence-electron chi connectivity index (χ1n) is 6.65. The molecule has 1 aromatic carbocycles. The minimum absolute atomic E-state index is 0.702. The molecule has 0 atom stereocenters. The SMILES string of the molecule is CCCNc1nc(C)cc(SCc2ccccc2Cl)n1. The molecule has 0 aliphatic rings. The molecule has 20 heavy (non-hydrogen) atoms. The lowest BCUT2D eigenvalue weighted by Crippen LogP contribution is -2.05. The van der Waals surface area contributed by atoms with Crippen LogP contribution in [0.5, 0.6) is 0 Å². The Morgan fingerprint density at radius 1 is 1.25 bits per heavy atom. The normalized spacial score (nSPS) is 10.6. The van der Waals surface area contributed by atoms with E-state index in [4.69, 9.17) is 11.6 Å². The second-order valence-electron chi connectivity index (χ2n) is 4.48. The van der Waals surface area contributed by atoms with E-state index in [-0.39, 0.29) is 0 Å². The largest absolute Gasteiger partial charge is 0.354 e. The third-order valence-corrected chi connectivity index (χ3v) is 4.03. The monoisotopic (exact) mass is 307 g/mol. The second-order valence-corrected chi connectivity index (χ2v) is 5.88. The Bertz CT molecular complexity index is 575. The van der Waals surface area contributed by atoms with Crippen LogP contribution in [-0.4, -0.2) is 16.5 Å². The minimum atomic E-state index is 0.702. The van der Waals surface area contributed by atoms with Gasteiger partial charge in [0.25, 0.3) is 0 Å². The lowest BCUT2D eigenvalue weighted by molar-refractivity contribution is 0.924. The minimum Gasteiger partial charge on any atom is -0.354 e. The summed E-state index contributed by atoms with van der Waals surface area (Å²) in [4.78, 5) is 8.90. The van der Waals surface area contributed by atoms with Crippen molar-refractivity contribution in [3.63, 3.8) is 0 Å². The predicted molar refractivity (Wildman–Crippen MR) is 86.6 cm³/mol. The van der Waals surface area contributed by atoms with E-state index in [1.165, 1.54) is 0 Å². The highest BCUT2D eigenvalue weighted by Crippen LogP contribution is 2.26. The lowest BCUT2D eigenvalue weighted by Gasteiger charge is -2.08. The standard InChI is InChI=1S/C15H18ClN3S/c1-3-8-17-15-18-11(2)9-14(19-15)20-10-12-6-4-5-7-13(12)16/h4-7,9H,3,8,10H2,1-2H3,(H,17,18,19). The molecular formula is C15H18ClN3S. The van der Waals surface area contributed by atoms with Crippen molar-refractivity contribution in [3.05, 3.63) is 46.6 Å². The third-order valence-electron chi connectivity index (χ3n) is 2.70. The topological polar surface area (TPSA) is 37.8 Å². The number of hydrogen-bond donors (Lipinski definition) is 1. The molecule has 0 saturated carbocycles. The number of rotatable bonds is 6. The van der Waals surface area contributed by atoms with Crippen molar-refractivity contribution in [2.45, 2.75) is 31.0 Å². The van der Waals surface area contributed by atoms with Gasteiger partial charge in [-0.3, -0.25) is 0 Å². The number of benzene rings is 1. The summed E-state index contributed by atoms with van der Waals surface area (Å²) < 4.78 is 0. The number of nitrogens with zero attached hydrogens (tertiary/aromatic N) is 2. The van der Waals surface area contributed by atoms with Gasteiger partial charge < -0.3 is 5.32 Å². The van der Waals surface area contributed by atoms with Crippen LogP contribution in [0.3, 0.4) is 0 Å². The molecule has 0 bridgehead atoms. The van der Waals surface area contributed by atoms with E-state index in [2.05, 4.69) is 22.2 Å². The number of aromatic nitrogens is 2. The number of aryl methyl sites for hydroxylation is 1. The van der Waals surface area contributed by atoms with Crippen molar-refractivity contribution in [1.82, 2.24) is 9.97 Å². The molecule has 5 heteroatoms. The van der Waals surface area contributed by atoms with Gasteiger partial charge in [-0.2, -0.15) is 0 Å². The molecule has 0 spiro atoms. The smallest absolute Gasteiger partial charge is 0.223 e. The maximum atomic E-state index is 6.16. The molecule has 0 radical (unpaired) electrons. The fourth-order valence-electron chi connectivity index (χ4n) is 1.70. The molecule has 106 valence electrons. The Labute approximate surface area is 129 Å². The summed E-state index contributed by atoms with van der Waals surface area (Å²) in [5.41, 5.74) is 2.10. The Balaban J connectivity index is 2.05. The average molecular weight is 308 g/mol. The summed E-state index contributed by atoms with van der Waals surface area (Å²) in [6, 6.07) is 9.90. The zero-order valence-corrected chi connectivity index (χ0v) is 13.3. The fourth-order valence-corrected chi connectivity index (χ4v) is 2.94. The van der Waals surface area contributed by atoms with Crippen LogP contribution in [0.2, 0.25) is 5.02 Å². The average Bonchev–Trinajstić information content (AvgIpc) is 2.44. The first-order chi connectivity index (χ1) is 9.69. The van der Waals surface area contributed by atoms with Crippen LogP contribution in [-0.2, 0) is 5.75 Å². The Morgan fingerprint density at radius 3 is 2.80 bits per heavy atom. The fraction of sp³-hybridized carbons (Fsp3) is 0.333. The molecule has 2 rings (SSSR count). The van der Waals surface area contributed by atoms with Crippen LogP contribution in [0.15, 0.2) is 35.4 Å². The van der Waals surface area contributed by atoms with Crippen LogP contribution in [0.4, 0.5) is 5.95 Å². The van der Waals surface area contributed by atoms with Crippen LogP contribution in [0.25, 0.3) is 0 Å². The summed E-state index contributed by atoms with van der Waals surface area (Å²) in [6.45, 7) is 4.99. The van der Waals surface area contributed by atoms with Crippen molar-refractivity contribution in [2.24, 2.45) is 0 Å². The number of hydrogen-bond acceptors (Lipinski definition) is 4. The summed E-state index contributed by atoms with van der Waals surface area (Å²) in [5.74, 6) is 1.51. The maximum Gasteiger partial charge on any atom is 0.223 e.